The van der Waals surface area contributed by atoms with Crippen LogP contribution in [0.4, 0.5) is 10.3 Å². The standard InChI is InChI=1S/C18H20FN5O2/c19-14-6-22-17(23-7-14)24-9-13-10-26-12-18(13,11-24)5-16(25)21-8-15-3-1-2-4-20-15/h1-4,6-7,13H,5,8-12H2,(H,21,25)/t13-,18+/m0/s1. The van der Waals surface area contributed by atoms with E-state index in [2.05, 4.69) is 20.3 Å². The molecular formula is C18H20FN5O2. The molecule has 0 bridgehead atoms. The number of hydrogen-bond acceptors (Lipinski definition) is 6. The summed E-state index contributed by atoms with van der Waals surface area (Å²) in [6.07, 6.45) is 4.42. The Morgan fingerprint density at radius 1 is 1.35 bits per heavy atom. The zero-order chi connectivity index (χ0) is 18.0. The van der Waals surface area contributed by atoms with Gasteiger partial charge in [-0.05, 0) is 12.1 Å². The maximum atomic E-state index is 13.1. The molecule has 1 N–H and O–H groups in total. The largest absolute Gasteiger partial charge is 0.380 e. The molecule has 0 unspecified atom stereocenters. The third-order valence-corrected chi connectivity index (χ3v) is 5.12. The maximum Gasteiger partial charge on any atom is 0.225 e. The number of pyridine rings is 1. The molecule has 1 amide bonds. The fraction of sp³-hybridized carbons (Fsp3) is 0.444. The summed E-state index contributed by atoms with van der Waals surface area (Å²) in [7, 11) is 0. The van der Waals surface area contributed by atoms with Gasteiger partial charge in [-0.1, -0.05) is 6.07 Å². The molecule has 2 saturated heterocycles. The summed E-state index contributed by atoms with van der Waals surface area (Å²) in [5, 5.41) is 2.94. The smallest absolute Gasteiger partial charge is 0.225 e. The average Bonchev–Trinajstić information content (AvgIpc) is 3.18. The highest BCUT2D eigenvalue weighted by Gasteiger charge is 2.52. The molecule has 2 aliphatic rings. The van der Waals surface area contributed by atoms with Gasteiger partial charge in [-0.2, -0.15) is 0 Å². The van der Waals surface area contributed by atoms with E-state index in [1.165, 1.54) is 12.4 Å². The summed E-state index contributed by atoms with van der Waals surface area (Å²) in [6.45, 7) is 2.89. The summed E-state index contributed by atoms with van der Waals surface area (Å²) in [4.78, 5) is 26.9. The third kappa shape index (κ3) is 3.37. The molecule has 0 saturated carbocycles. The molecule has 2 aliphatic heterocycles. The number of fused-ring (bicyclic) bond motifs is 1. The van der Waals surface area contributed by atoms with Gasteiger partial charge < -0.3 is 15.0 Å². The van der Waals surface area contributed by atoms with Crippen molar-refractivity contribution in [3.05, 3.63) is 48.3 Å². The van der Waals surface area contributed by atoms with E-state index in [1.807, 2.05) is 23.1 Å². The quantitative estimate of drug-likeness (QED) is 0.865. The third-order valence-electron chi connectivity index (χ3n) is 5.12. The van der Waals surface area contributed by atoms with Gasteiger partial charge in [0, 0.05) is 37.0 Å². The van der Waals surface area contributed by atoms with Gasteiger partial charge >= 0.3 is 0 Å². The number of ether oxygens (including phenoxy) is 1. The summed E-state index contributed by atoms with van der Waals surface area (Å²) in [6, 6.07) is 5.62. The fourth-order valence-corrected chi connectivity index (χ4v) is 3.78. The number of hydrogen-bond donors (Lipinski definition) is 1. The Balaban J connectivity index is 1.41. The van der Waals surface area contributed by atoms with E-state index in [0.29, 0.717) is 45.2 Å². The van der Waals surface area contributed by atoms with Crippen molar-refractivity contribution in [3.8, 4) is 0 Å². The van der Waals surface area contributed by atoms with Crippen molar-refractivity contribution in [2.45, 2.75) is 13.0 Å². The predicted molar refractivity (Wildman–Crippen MR) is 91.6 cm³/mol. The number of rotatable bonds is 5. The monoisotopic (exact) mass is 357 g/mol. The zero-order valence-corrected chi connectivity index (χ0v) is 14.3. The van der Waals surface area contributed by atoms with E-state index in [9.17, 15) is 9.18 Å². The molecule has 2 aromatic rings. The summed E-state index contributed by atoms with van der Waals surface area (Å²) in [5.41, 5.74) is 0.566. The highest BCUT2D eigenvalue weighted by atomic mass is 19.1. The lowest BCUT2D eigenvalue weighted by Crippen LogP contribution is -2.37. The normalized spacial score (nSPS) is 24.5. The Labute approximate surface area is 150 Å². The number of carbonyl (C=O) groups excluding carboxylic acids is 1. The Bertz CT molecular complexity index is 773. The molecule has 2 atom stereocenters. The van der Waals surface area contributed by atoms with Crippen LogP contribution in [0.15, 0.2) is 36.8 Å². The highest BCUT2D eigenvalue weighted by Crippen LogP contribution is 2.44. The van der Waals surface area contributed by atoms with Gasteiger partial charge in [-0.25, -0.2) is 14.4 Å². The van der Waals surface area contributed by atoms with Crippen LogP contribution in [0.1, 0.15) is 12.1 Å². The first-order chi connectivity index (χ1) is 12.6. The Morgan fingerprint density at radius 2 is 2.19 bits per heavy atom. The summed E-state index contributed by atoms with van der Waals surface area (Å²) in [5.74, 6) is 0.249. The number of anilines is 1. The first-order valence-corrected chi connectivity index (χ1v) is 8.61. The highest BCUT2D eigenvalue weighted by molar-refractivity contribution is 5.77. The second kappa shape index (κ2) is 6.95. The Kier molecular flexibility index (Phi) is 4.50. The van der Waals surface area contributed by atoms with Crippen LogP contribution in [0.5, 0.6) is 0 Å². The number of amides is 1. The molecule has 4 rings (SSSR count). The van der Waals surface area contributed by atoms with Gasteiger partial charge in [0.05, 0.1) is 37.8 Å². The lowest BCUT2D eigenvalue weighted by atomic mass is 9.78. The second-order valence-electron chi connectivity index (χ2n) is 6.93. The SMILES string of the molecule is O=C(C[C@@]12COC[C@@H]1CN(c1ncc(F)cn1)C2)NCc1ccccn1. The van der Waals surface area contributed by atoms with Crippen LogP contribution in [0.25, 0.3) is 0 Å². The van der Waals surface area contributed by atoms with Crippen LogP contribution in [0, 0.1) is 17.2 Å². The van der Waals surface area contributed by atoms with Gasteiger partial charge in [0.15, 0.2) is 5.82 Å². The first kappa shape index (κ1) is 16.8. The molecule has 0 spiro atoms. The number of carbonyl (C=O) groups is 1. The van der Waals surface area contributed by atoms with Crippen molar-refractivity contribution >= 4 is 11.9 Å². The Morgan fingerprint density at radius 3 is 2.96 bits per heavy atom. The van der Waals surface area contributed by atoms with Crippen LogP contribution >= 0.6 is 0 Å². The van der Waals surface area contributed by atoms with E-state index in [-0.39, 0.29) is 17.2 Å². The van der Waals surface area contributed by atoms with Crippen LogP contribution in [-0.4, -0.2) is 47.2 Å². The maximum absolute atomic E-state index is 13.1. The molecule has 2 aromatic heterocycles. The molecule has 7 nitrogen and oxygen atoms in total. The van der Waals surface area contributed by atoms with E-state index in [4.69, 9.17) is 4.74 Å². The van der Waals surface area contributed by atoms with Crippen molar-refractivity contribution in [2.24, 2.45) is 11.3 Å². The fourth-order valence-electron chi connectivity index (χ4n) is 3.78. The van der Waals surface area contributed by atoms with Gasteiger partial charge in [-0.3, -0.25) is 9.78 Å². The molecule has 0 aliphatic carbocycles. The van der Waals surface area contributed by atoms with Gasteiger partial charge in [0.2, 0.25) is 11.9 Å². The minimum Gasteiger partial charge on any atom is -0.380 e. The van der Waals surface area contributed by atoms with Crippen molar-refractivity contribution in [2.75, 3.05) is 31.2 Å². The average molecular weight is 357 g/mol. The predicted octanol–water partition coefficient (Wildman–Crippen LogP) is 1.17. The molecule has 2 fully saturated rings. The lowest BCUT2D eigenvalue weighted by Gasteiger charge is -2.26. The molecular weight excluding hydrogens is 337 g/mol. The van der Waals surface area contributed by atoms with Crippen LogP contribution in [0.3, 0.4) is 0 Å². The van der Waals surface area contributed by atoms with Gasteiger partial charge in [0.25, 0.3) is 0 Å². The molecule has 0 radical (unpaired) electrons. The minimum absolute atomic E-state index is 0.0203. The van der Waals surface area contributed by atoms with Gasteiger partial charge in [0.1, 0.15) is 0 Å². The molecule has 26 heavy (non-hydrogen) atoms. The van der Waals surface area contributed by atoms with Crippen LogP contribution in [-0.2, 0) is 16.1 Å². The number of halogens is 1. The van der Waals surface area contributed by atoms with Crippen LogP contribution in [0.2, 0.25) is 0 Å². The molecule has 0 aromatic carbocycles. The van der Waals surface area contributed by atoms with E-state index in [1.54, 1.807) is 6.20 Å². The number of aromatic nitrogens is 3. The van der Waals surface area contributed by atoms with Crippen LogP contribution < -0.4 is 10.2 Å². The summed E-state index contributed by atoms with van der Waals surface area (Å²) >= 11 is 0. The van der Waals surface area contributed by atoms with E-state index >= 15 is 0 Å². The second-order valence-corrected chi connectivity index (χ2v) is 6.93. The lowest BCUT2D eigenvalue weighted by molar-refractivity contribution is -0.123. The molecule has 4 heterocycles. The van der Waals surface area contributed by atoms with Crippen molar-refractivity contribution in [1.29, 1.82) is 0 Å². The van der Waals surface area contributed by atoms with Crippen molar-refractivity contribution < 1.29 is 13.9 Å². The van der Waals surface area contributed by atoms with Crippen molar-refractivity contribution in [3.63, 3.8) is 0 Å². The number of nitrogens with zero attached hydrogens (tertiary/aromatic N) is 4. The minimum atomic E-state index is -0.458. The molecule has 136 valence electrons. The van der Waals surface area contributed by atoms with E-state index < -0.39 is 5.82 Å². The Hall–Kier alpha value is -2.61. The topological polar surface area (TPSA) is 80.2 Å². The molecule has 8 heteroatoms. The summed E-state index contributed by atoms with van der Waals surface area (Å²) < 4.78 is 18.7. The van der Waals surface area contributed by atoms with E-state index in [0.717, 1.165) is 5.69 Å². The number of nitrogens with one attached hydrogen (secondary N) is 1. The first-order valence-electron chi connectivity index (χ1n) is 8.61. The van der Waals surface area contributed by atoms with Gasteiger partial charge in [-0.15, -0.1) is 0 Å². The van der Waals surface area contributed by atoms with Crippen molar-refractivity contribution in [1.82, 2.24) is 20.3 Å². The zero-order valence-electron chi connectivity index (χ0n) is 14.3.